The minimum Gasteiger partial charge on any atom is -0.497 e. The van der Waals surface area contributed by atoms with Crippen molar-refractivity contribution < 1.29 is 9.53 Å². The van der Waals surface area contributed by atoms with Crippen LogP contribution in [0.3, 0.4) is 0 Å². The first-order valence-electron chi connectivity index (χ1n) is 6.57. The van der Waals surface area contributed by atoms with Gasteiger partial charge in [0, 0.05) is 23.2 Å². The molecule has 0 saturated carbocycles. The first-order chi connectivity index (χ1) is 10.7. The van der Waals surface area contributed by atoms with Gasteiger partial charge in [-0.1, -0.05) is 12.1 Å². The van der Waals surface area contributed by atoms with Gasteiger partial charge in [0.1, 0.15) is 17.4 Å². The van der Waals surface area contributed by atoms with Gasteiger partial charge >= 0.3 is 0 Å². The van der Waals surface area contributed by atoms with Crippen LogP contribution in [-0.2, 0) is 6.54 Å². The van der Waals surface area contributed by atoms with Crippen LogP contribution in [-0.4, -0.2) is 28.6 Å². The molecule has 0 aliphatic carbocycles. The molecule has 2 rings (SSSR count). The van der Waals surface area contributed by atoms with Gasteiger partial charge in [0.25, 0.3) is 0 Å². The monoisotopic (exact) mass is 315 g/mol. The molecule has 0 unspecified atom stereocenters. The number of rotatable bonds is 6. The van der Waals surface area contributed by atoms with E-state index in [1.165, 1.54) is 13.2 Å². The van der Waals surface area contributed by atoms with Crippen LogP contribution >= 0.6 is 11.6 Å². The molecule has 22 heavy (non-hydrogen) atoms. The predicted octanol–water partition coefficient (Wildman–Crippen LogP) is 2.92. The second-order valence-electron chi connectivity index (χ2n) is 4.46. The van der Waals surface area contributed by atoms with E-state index < -0.39 is 0 Å². The zero-order valence-electron chi connectivity index (χ0n) is 12.0. The van der Waals surface area contributed by atoms with Crippen molar-refractivity contribution in [3.05, 3.63) is 53.4 Å². The Morgan fingerprint density at radius 2 is 2.36 bits per heavy atom. The van der Waals surface area contributed by atoms with Crippen LogP contribution in [0.1, 0.15) is 15.9 Å². The summed E-state index contributed by atoms with van der Waals surface area (Å²) in [4.78, 5) is 12.4. The largest absolute Gasteiger partial charge is 0.497 e. The maximum Gasteiger partial charge on any atom is 0.203 e. The number of nitrogens with zero attached hydrogens (tertiary/aromatic N) is 3. The highest BCUT2D eigenvalue weighted by Crippen LogP contribution is 2.17. The van der Waals surface area contributed by atoms with Crippen LogP contribution in [0.4, 0.5) is 0 Å². The Balaban J connectivity index is 2.27. The number of hydrogen-bond donors (Lipinski definition) is 0. The molecule has 0 amide bonds. The molecular formula is C16H14ClN3O2. The maximum absolute atomic E-state index is 12.4. The Kier molecular flexibility index (Phi) is 5.34. The molecule has 0 radical (unpaired) electrons. The van der Waals surface area contributed by atoms with Gasteiger partial charge in [0.05, 0.1) is 19.9 Å². The van der Waals surface area contributed by atoms with Crippen LogP contribution < -0.4 is 4.74 Å². The Morgan fingerprint density at radius 3 is 3.05 bits per heavy atom. The smallest absolute Gasteiger partial charge is 0.203 e. The van der Waals surface area contributed by atoms with E-state index in [-0.39, 0.29) is 11.4 Å². The highest BCUT2D eigenvalue weighted by atomic mass is 35.5. The fourth-order valence-electron chi connectivity index (χ4n) is 1.90. The Morgan fingerprint density at radius 1 is 1.55 bits per heavy atom. The highest BCUT2D eigenvalue weighted by molar-refractivity contribution is 6.17. The summed E-state index contributed by atoms with van der Waals surface area (Å²) in [5, 5.41) is 13.3. The predicted molar refractivity (Wildman–Crippen MR) is 83.9 cm³/mol. The number of carbonyl (C=O) groups excluding carboxylic acids is 1. The van der Waals surface area contributed by atoms with Crippen LogP contribution in [0, 0.1) is 11.3 Å². The van der Waals surface area contributed by atoms with Crippen molar-refractivity contribution in [2.75, 3.05) is 13.0 Å². The number of halogens is 1. The lowest BCUT2D eigenvalue weighted by molar-refractivity contribution is 0.103. The zero-order valence-corrected chi connectivity index (χ0v) is 12.7. The molecule has 0 aliphatic heterocycles. The van der Waals surface area contributed by atoms with Gasteiger partial charge in [-0.15, -0.1) is 11.6 Å². The lowest BCUT2D eigenvalue weighted by Crippen LogP contribution is -2.02. The number of hydrogen-bond acceptors (Lipinski definition) is 4. The molecule has 0 spiro atoms. The second-order valence-corrected chi connectivity index (χ2v) is 4.83. The number of benzene rings is 1. The topological polar surface area (TPSA) is 67.9 Å². The quantitative estimate of drug-likeness (QED) is 0.356. The van der Waals surface area contributed by atoms with E-state index in [4.69, 9.17) is 16.3 Å². The van der Waals surface area contributed by atoms with E-state index in [9.17, 15) is 10.1 Å². The molecule has 1 heterocycles. The van der Waals surface area contributed by atoms with E-state index in [2.05, 4.69) is 5.10 Å². The van der Waals surface area contributed by atoms with Gasteiger partial charge < -0.3 is 4.74 Å². The van der Waals surface area contributed by atoms with Gasteiger partial charge in [-0.3, -0.25) is 9.48 Å². The summed E-state index contributed by atoms with van der Waals surface area (Å²) in [6.45, 7) is 0.571. The fraction of sp³-hybridized carbons (Fsp3) is 0.188. The molecular weight excluding hydrogens is 302 g/mol. The minimum absolute atomic E-state index is 0.0404. The SMILES string of the molecule is COc1cccc(C(=O)C(C#N)=Cc2cnn(CCCl)c2)c1. The van der Waals surface area contributed by atoms with Crippen molar-refractivity contribution in [3.63, 3.8) is 0 Å². The van der Waals surface area contributed by atoms with Crippen LogP contribution in [0.25, 0.3) is 6.08 Å². The number of ketones is 1. The molecule has 1 aromatic heterocycles. The van der Waals surface area contributed by atoms with Crippen LogP contribution in [0.15, 0.2) is 42.2 Å². The Labute approximate surface area is 133 Å². The number of alkyl halides is 1. The summed E-state index contributed by atoms with van der Waals surface area (Å²) >= 11 is 5.64. The van der Waals surface area contributed by atoms with Crippen molar-refractivity contribution >= 4 is 23.5 Å². The van der Waals surface area contributed by atoms with Crippen molar-refractivity contribution in [1.29, 1.82) is 5.26 Å². The number of Topliss-reactive ketones (excluding diaryl/α,β-unsaturated/α-hetero) is 1. The normalized spacial score (nSPS) is 11.0. The summed E-state index contributed by atoms with van der Waals surface area (Å²) < 4.78 is 6.74. The standard InChI is InChI=1S/C16H14ClN3O2/c1-22-15-4-2-3-13(8-15)16(21)14(9-18)7-12-10-19-20(11-12)6-5-17/h2-4,7-8,10-11H,5-6H2,1H3. The van der Waals surface area contributed by atoms with Gasteiger partial charge in [0.2, 0.25) is 5.78 Å². The molecule has 0 bridgehead atoms. The molecule has 6 heteroatoms. The molecule has 112 valence electrons. The number of allylic oxidation sites excluding steroid dienone is 1. The number of ether oxygens (including phenoxy) is 1. The fourth-order valence-corrected chi connectivity index (χ4v) is 2.07. The zero-order chi connectivity index (χ0) is 15.9. The number of nitriles is 1. The number of carbonyl (C=O) groups is 1. The molecule has 0 saturated heterocycles. The minimum atomic E-state index is -0.355. The van der Waals surface area contributed by atoms with E-state index in [1.54, 1.807) is 41.3 Å². The average Bonchev–Trinajstić information content (AvgIpc) is 2.99. The van der Waals surface area contributed by atoms with Crippen LogP contribution in [0.2, 0.25) is 0 Å². The third-order valence-corrected chi connectivity index (χ3v) is 3.14. The lowest BCUT2D eigenvalue weighted by atomic mass is 10.0. The van der Waals surface area contributed by atoms with Crippen molar-refractivity contribution in [2.24, 2.45) is 0 Å². The van der Waals surface area contributed by atoms with E-state index >= 15 is 0 Å². The van der Waals surface area contributed by atoms with E-state index in [1.807, 2.05) is 6.07 Å². The third kappa shape index (κ3) is 3.74. The first-order valence-corrected chi connectivity index (χ1v) is 7.10. The molecule has 2 aromatic rings. The molecule has 5 nitrogen and oxygen atoms in total. The van der Waals surface area contributed by atoms with Gasteiger partial charge in [-0.05, 0) is 18.2 Å². The van der Waals surface area contributed by atoms with Crippen molar-refractivity contribution in [2.45, 2.75) is 6.54 Å². The Hall–Kier alpha value is -2.58. The van der Waals surface area contributed by atoms with Crippen LogP contribution in [0.5, 0.6) is 5.75 Å². The summed E-state index contributed by atoms with van der Waals surface area (Å²) in [5.41, 5.74) is 1.12. The average molecular weight is 316 g/mol. The number of aryl methyl sites for hydroxylation is 1. The molecule has 1 aromatic carbocycles. The summed E-state index contributed by atoms with van der Waals surface area (Å²) in [6, 6.07) is 8.63. The molecule has 0 N–H and O–H groups in total. The third-order valence-electron chi connectivity index (χ3n) is 2.97. The van der Waals surface area contributed by atoms with E-state index in [0.717, 1.165) is 0 Å². The molecule has 0 fully saturated rings. The van der Waals surface area contributed by atoms with Gasteiger partial charge in [0.15, 0.2) is 0 Å². The second kappa shape index (κ2) is 7.43. The van der Waals surface area contributed by atoms with E-state index in [0.29, 0.717) is 29.3 Å². The summed E-state index contributed by atoms with van der Waals surface area (Å²) in [5.74, 6) is 0.656. The first kappa shape index (κ1) is 15.8. The number of aromatic nitrogens is 2. The van der Waals surface area contributed by atoms with Crippen molar-refractivity contribution in [1.82, 2.24) is 9.78 Å². The number of methoxy groups -OCH3 is 1. The highest BCUT2D eigenvalue weighted by Gasteiger charge is 2.13. The molecule has 0 aliphatic rings. The Bertz CT molecular complexity index is 744. The molecule has 0 atom stereocenters. The van der Waals surface area contributed by atoms with Gasteiger partial charge in [-0.2, -0.15) is 10.4 Å². The lowest BCUT2D eigenvalue weighted by Gasteiger charge is -2.02. The van der Waals surface area contributed by atoms with Crippen molar-refractivity contribution in [3.8, 4) is 11.8 Å². The maximum atomic E-state index is 12.4. The summed E-state index contributed by atoms with van der Waals surface area (Å²) in [6.07, 6.45) is 4.83. The summed E-state index contributed by atoms with van der Waals surface area (Å²) in [7, 11) is 1.52. The van der Waals surface area contributed by atoms with Gasteiger partial charge in [-0.25, -0.2) is 0 Å².